The number of fused-ring (bicyclic) bond motifs is 3. The van der Waals surface area contributed by atoms with Gasteiger partial charge < -0.3 is 11.2 Å². The molecule has 1 aliphatic heterocycles. The zero-order valence-electron chi connectivity index (χ0n) is 8.33. The zero-order chi connectivity index (χ0) is 8.84. The van der Waals surface area contributed by atoms with E-state index in [2.05, 4.69) is 36.3 Å². The minimum absolute atomic E-state index is 0. The standard InChI is InChI=1S/C12H12N.Y/c1-8-3-2-4-9-7-10-5-6-13-12(10)11(8)9;/h2-4,10,12H,5,7H2,1H3;/q-1;/t10-,12?;/m1./s1. The van der Waals surface area contributed by atoms with Gasteiger partial charge in [0.25, 0.3) is 0 Å². The summed E-state index contributed by atoms with van der Waals surface area (Å²) in [5.74, 6) is 0.719. The van der Waals surface area contributed by atoms with Crippen LogP contribution in [0.2, 0.25) is 0 Å². The van der Waals surface area contributed by atoms with E-state index in [0.717, 1.165) is 12.3 Å². The minimum Gasteiger partial charge on any atom is -0.496 e. The molecule has 0 aromatic heterocycles. The maximum Gasteiger partial charge on any atom is 0.0388 e. The number of hydrogen-bond acceptors (Lipinski definition) is 1. The summed E-state index contributed by atoms with van der Waals surface area (Å²) >= 11 is 0. The quantitative estimate of drug-likeness (QED) is 0.635. The number of benzene rings is 1. The third-order valence-corrected chi connectivity index (χ3v) is 3.22. The van der Waals surface area contributed by atoms with Gasteiger partial charge in [0.2, 0.25) is 0 Å². The summed E-state index contributed by atoms with van der Waals surface area (Å²) in [5, 5.41) is 0. The van der Waals surface area contributed by atoms with Gasteiger partial charge in [-0.3, -0.25) is 0 Å². The molecule has 0 bridgehead atoms. The second kappa shape index (κ2) is 3.86. The van der Waals surface area contributed by atoms with Crippen LogP contribution in [-0.4, -0.2) is 6.21 Å². The average molecular weight is 259 g/mol. The Morgan fingerprint density at radius 3 is 3.14 bits per heavy atom. The molecule has 2 heteroatoms. The van der Waals surface area contributed by atoms with Crippen LogP contribution in [0, 0.1) is 12.8 Å². The molecule has 0 spiro atoms. The van der Waals surface area contributed by atoms with E-state index in [1.165, 1.54) is 23.1 Å². The van der Waals surface area contributed by atoms with Gasteiger partial charge in [0.05, 0.1) is 0 Å². The molecule has 1 aromatic carbocycles. The van der Waals surface area contributed by atoms with Gasteiger partial charge in [0, 0.05) is 38.8 Å². The van der Waals surface area contributed by atoms with Crippen LogP contribution >= 0.6 is 0 Å². The summed E-state index contributed by atoms with van der Waals surface area (Å²) in [6.45, 7) is 2.19. The summed E-state index contributed by atoms with van der Waals surface area (Å²) in [4.78, 5) is 4.45. The molecular weight excluding hydrogens is 247 g/mol. The monoisotopic (exact) mass is 259 g/mol. The molecule has 1 nitrogen and oxygen atoms in total. The van der Waals surface area contributed by atoms with Crippen LogP contribution in [0.4, 0.5) is 0 Å². The van der Waals surface area contributed by atoms with E-state index in [9.17, 15) is 0 Å². The van der Waals surface area contributed by atoms with Crippen LogP contribution in [0.25, 0.3) is 0 Å². The molecule has 1 unspecified atom stereocenters. The molecule has 0 saturated carbocycles. The van der Waals surface area contributed by atoms with Gasteiger partial charge >= 0.3 is 0 Å². The summed E-state index contributed by atoms with van der Waals surface area (Å²) in [5.41, 5.74) is 4.40. The number of aryl methyl sites for hydroxylation is 1. The van der Waals surface area contributed by atoms with Gasteiger partial charge in [-0.25, -0.2) is 0 Å². The van der Waals surface area contributed by atoms with Crippen molar-refractivity contribution in [2.45, 2.75) is 25.8 Å². The third kappa shape index (κ3) is 1.42. The van der Waals surface area contributed by atoms with Crippen LogP contribution in [0.1, 0.15) is 29.2 Å². The van der Waals surface area contributed by atoms with Gasteiger partial charge in [0.1, 0.15) is 0 Å². The first-order chi connectivity index (χ1) is 6.36. The molecule has 0 fully saturated rings. The van der Waals surface area contributed by atoms with Crippen molar-refractivity contribution in [3.63, 3.8) is 0 Å². The summed E-state index contributed by atoms with van der Waals surface area (Å²) < 4.78 is 0. The summed E-state index contributed by atoms with van der Waals surface area (Å²) in [6, 6.07) is 7.03. The van der Waals surface area contributed by atoms with E-state index in [1.54, 1.807) is 0 Å². The Morgan fingerprint density at radius 2 is 2.29 bits per heavy atom. The van der Waals surface area contributed by atoms with Gasteiger partial charge in [0.15, 0.2) is 0 Å². The van der Waals surface area contributed by atoms with E-state index < -0.39 is 0 Å². The normalized spacial score (nSPS) is 26.9. The topological polar surface area (TPSA) is 12.4 Å². The van der Waals surface area contributed by atoms with E-state index in [4.69, 9.17) is 0 Å². The van der Waals surface area contributed by atoms with E-state index in [0.29, 0.717) is 6.04 Å². The molecule has 1 aliphatic carbocycles. The Bertz CT molecular complexity index is 384. The molecule has 0 amide bonds. The van der Waals surface area contributed by atoms with Crippen molar-refractivity contribution < 1.29 is 32.7 Å². The van der Waals surface area contributed by atoms with Crippen LogP contribution in [0.3, 0.4) is 0 Å². The van der Waals surface area contributed by atoms with Crippen molar-refractivity contribution >= 4 is 6.21 Å². The first kappa shape index (κ1) is 10.5. The van der Waals surface area contributed by atoms with E-state index >= 15 is 0 Å². The fourth-order valence-corrected chi connectivity index (χ4v) is 2.59. The van der Waals surface area contributed by atoms with Gasteiger partial charge in [-0.1, -0.05) is 18.2 Å². The summed E-state index contributed by atoms with van der Waals surface area (Å²) in [7, 11) is 0. The zero-order valence-corrected chi connectivity index (χ0v) is 11.2. The number of aliphatic imine (C=N–C) groups is 1. The maximum absolute atomic E-state index is 4.45. The molecule has 0 N–H and O–H groups in total. The Kier molecular flexibility index (Phi) is 2.90. The SMILES string of the molecule is Cc1cccc2c1C1N=[C-]C[C@@H]1C2.[Y]. The Balaban J connectivity index is 0.000000750. The average Bonchev–Trinajstić information content (AvgIpc) is 2.62. The molecule has 2 aliphatic rings. The van der Waals surface area contributed by atoms with Crippen molar-refractivity contribution in [1.82, 2.24) is 0 Å². The number of nitrogens with zero attached hydrogens (tertiary/aromatic N) is 1. The smallest absolute Gasteiger partial charge is 0.0388 e. The number of hydrogen-bond donors (Lipinski definition) is 0. The van der Waals surface area contributed by atoms with E-state index in [-0.39, 0.29) is 32.7 Å². The van der Waals surface area contributed by atoms with Gasteiger partial charge in [-0.05, 0) is 36.0 Å². The molecule has 2 atom stereocenters. The number of rotatable bonds is 0. The predicted octanol–water partition coefficient (Wildman–Crippen LogP) is 2.56. The van der Waals surface area contributed by atoms with Crippen LogP contribution < -0.4 is 0 Å². The molecule has 69 valence electrons. The molecule has 0 saturated heterocycles. The van der Waals surface area contributed by atoms with Crippen molar-refractivity contribution in [3.05, 3.63) is 34.9 Å². The fourth-order valence-electron chi connectivity index (χ4n) is 2.59. The Hall–Kier alpha value is -0.00610. The Labute approximate surface area is 110 Å². The van der Waals surface area contributed by atoms with E-state index in [1.807, 2.05) is 0 Å². The minimum atomic E-state index is 0. The van der Waals surface area contributed by atoms with Gasteiger partial charge in [-0.2, -0.15) is 6.42 Å². The predicted molar refractivity (Wildman–Crippen MR) is 53.2 cm³/mol. The first-order valence-corrected chi connectivity index (χ1v) is 4.87. The molecular formula is C12H12NY-. The summed E-state index contributed by atoms with van der Waals surface area (Å²) in [6.07, 6.45) is 5.38. The third-order valence-electron chi connectivity index (χ3n) is 3.22. The van der Waals surface area contributed by atoms with Crippen molar-refractivity contribution in [2.75, 3.05) is 0 Å². The second-order valence-corrected chi connectivity index (χ2v) is 4.05. The van der Waals surface area contributed by atoms with Crippen LogP contribution in [-0.2, 0) is 39.1 Å². The molecule has 3 rings (SSSR count). The molecule has 14 heavy (non-hydrogen) atoms. The van der Waals surface area contributed by atoms with Crippen molar-refractivity contribution in [1.29, 1.82) is 0 Å². The maximum atomic E-state index is 4.45. The molecule has 1 aromatic rings. The van der Waals surface area contributed by atoms with Crippen LogP contribution in [0.5, 0.6) is 0 Å². The van der Waals surface area contributed by atoms with Crippen molar-refractivity contribution in [3.8, 4) is 0 Å². The molecule has 1 heterocycles. The second-order valence-electron chi connectivity index (χ2n) is 4.05. The van der Waals surface area contributed by atoms with Crippen LogP contribution in [0.15, 0.2) is 23.2 Å². The molecule has 1 radical (unpaired) electrons. The fraction of sp³-hybridized carbons (Fsp3) is 0.417. The van der Waals surface area contributed by atoms with Gasteiger partial charge in [-0.15, -0.1) is 0 Å². The van der Waals surface area contributed by atoms with Crippen molar-refractivity contribution in [2.24, 2.45) is 10.9 Å². The largest absolute Gasteiger partial charge is 0.496 e. The first-order valence-electron chi connectivity index (χ1n) is 4.87. The Morgan fingerprint density at radius 1 is 1.43 bits per heavy atom.